The highest BCUT2D eigenvalue weighted by atomic mass is 16.5. The van der Waals surface area contributed by atoms with Crippen LogP contribution >= 0.6 is 0 Å². The van der Waals surface area contributed by atoms with Gasteiger partial charge < -0.3 is 9.47 Å². The van der Waals surface area contributed by atoms with Crippen molar-refractivity contribution in [3.05, 3.63) is 58.7 Å². The van der Waals surface area contributed by atoms with Crippen LogP contribution in [0.1, 0.15) is 45.1 Å². The lowest BCUT2D eigenvalue weighted by atomic mass is 9.70. The fourth-order valence-corrected chi connectivity index (χ4v) is 3.48. The molecule has 0 N–H and O–H groups in total. The van der Waals surface area contributed by atoms with Crippen molar-refractivity contribution in [1.29, 1.82) is 5.26 Å². The Morgan fingerprint density at radius 3 is 2.73 bits per heavy atom. The summed E-state index contributed by atoms with van der Waals surface area (Å²) in [5.74, 6) is 0.398. The molecule has 1 aliphatic heterocycles. The number of allylic oxidation sites excluding steroid dienone is 3. The zero-order chi connectivity index (χ0) is 18.7. The lowest BCUT2D eigenvalue weighted by molar-refractivity contribution is -0.119. The Morgan fingerprint density at radius 2 is 2.08 bits per heavy atom. The molecular formula is C21H22N2O3. The number of Topliss-reactive ketones (excluding diaryl/α,β-unsaturated/α-hetero) is 1. The molecule has 1 aromatic rings. The summed E-state index contributed by atoms with van der Waals surface area (Å²) in [6.45, 7) is 6.41. The van der Waals surface area contributed by atoms with Crippen LogP contribution in [0, 0.1) is 16.7 Å². The van der Waals surface area contributed by atoms with Gasteiger partial charge in [0.05, 0.1) is 12.5 Å². The smallest absolute Gasteiger partial charge is 0.236 e. The van der Waals surface area contributed by atoms with Gasteiger partial charge in [-0.3, -0.25) is 4.79 Å². The van der Waals surface area contributed by atoms with Crippen molar-refractivity contribution in [2.24, 2.45) is 10.4 Å². The van der Waals surface area contributed by atoms with Crippen LogP contribution in [0.3, 0.4) is 0 Å². The highest BCUT2D eigenvalue weighted by Crippen LogP contribution is 2.48. The second-order valence-electron chi connectivity index (χ2n) is 7.24. The Morgan fingerprint density at radius 1 is 1.35 bits per heavy atom. The SMILES string of the molecule is CCOC=NC1=C(C#N)[C@@H](c2ccccc2)C2=C(CC(C)(C)CC2=O)O1. The number of rotatable bonds is 4. The number of benzene rings is 1. The Hall–Kier alpha value is -2.87. The van der Waals surface area contributed by atoms with Gasteiger partial charge in [-0.2, -0.15) is 10.3 Å². The molecule has 0 bridgehead atoms. The highest BCUT2D eigenvalue weighted by molar-refractivity contribution is 6.00. The van der Waals surface area contributed by atoms with Gasteiger partial charge in [-0.05, 0) is 17.9 Å². The monoisotopic (exact) mass is 350 g/mol. The van der Waals surface area contributed by atoms with E-state index < -0.39 is 5.92 Å². The summed E-state index contributed by atoms with van der Waals surface area (Å²) in [7, 11) is 0. The molecule has 5 heteroatoms. The third-order valence-corrected chi connectivity index (χ3v) is 4.57. The van der Waals surface area contributed by atoms with Crippen molar-refractivity contribution in [1.82, 2.24) is 0 Å². The first-order valence-corrected chi connectivity index (χ1v) is 8.74. The standard InChI is InChI=1S/C21H22N2O3/c1-4-25-13-23-20-15(12-22)18(14-8-6-5-7-9-14)19-16(24)10-21(2,3)11-17(19)26-20/h5-9,13,18H,4,10-11H2,1-3H3/t18-/m1/s1. The molecule has 1 aliphatic carbocycles. The summed E-state index contributed by atoms with van der Waals surface area (Å²) in [6, 6.07) is 11.8. The molecule has 1 atom stereocenters. The van der Waals surface area contributed by atoms with Crippen LogP contribution < -0.4 is 0 Å². The maximum absolute atomic E-state index is 12.9. The molecule has 0 aromatic heterocycles. The van der Waals surface area contributed by atoms with E-state index in [0.29, 0.717) is 36.4 Å². The Kier molecular flexibility index (Phi) is 4.94. The molecule has 5 nitrogen and oxygen atoms in total. The minimum Gasteiger partial charge on any atom is -0.483 e. The molecule has 26 heavy (non-hydrogen) atoms. The number of nitrogens with zero attached hydrogens (tertiary/aromatic N) is 2. The summed E-state index contributed by atoms with van der Waals surface area (Å²) in [5.41, 5.74) is 1.62. The first kappa shape index (κ1) is 17.9. The van der Waals surface area contributed by atoms with Crippen molar-refractivity contribution >= 4 is 12.2 Å². The van der Waals surface area contributed by atoms with Crippen molar-refractivity contribution in [3.8, 4) is 6.07 Å². The molecule has 0 amide bonds. The van der Waals surface area contributed by atoms with Gasteiger partial charge in [0.25, 0.3) is 0 Å². The average molecular weight is 350 g/mol. The second-order valence-corrected chi connectivity index (χ2v) is 7.24. The Bertz CT molecular complexity index is 842. The normalized spacial score (nSPS) is 22.1. The zero-order valence-electron chi connectivity index (χ0n) is 15.3. The van der Waals surface area contributed by atoms with Crippen LogP contribution in [-0.4, -0.2) is 18.8 Å². The topological polar surface area (TPSA) is 71.7 Å². The molecule has 0 unspecified atom stereocenters. The molecule has 1 heterocycles. The van der Waals surface area contributed by atoms with Gasteiger partial charge >= 0.3 is 0 Å². The van der Waals surface area contributed by atoms with Crippen LogP contribution in [-0.2, 0) is 14.3 Å². The van der Waals surface area contributed by atoms with Gasteiger partial charge in [-0.15, -0.1) is 0 Å². The minimum atomic E-state index is -0.456. The Balaban J connectivity index is 2.15. The fourth-order valence-electron chi connectivity index (χ4n) is 3.48. The number of nitriles is 1. The summed E-state index contributed by atoms with van der Waals surface area (Å²) in [4.78, 5) is 17.1. The van der Waals surface area contributed by atoms with E-state index in [1.54, 1.807) is 0 Å². The summed E-state index contributed by atoms with van der Waals surface area (Å²) in [5, 5.41) is 9.79. The first-order chi connectivity index (χ1) is 12.5. The number of carbonyl (C=O) groups excluding carboxylic acids is 1. The van der Waals surface area contributed by atoms with Gasteiger partial charge in [0.2, 0.25) is 5.88 Å². The molecule has 0 radical (unpaired) electrons. The number of aliphatic imine (C=N–C) groups is 1. The molecule has 2 aliphatic rings. The lowest BCUT2D eigenvalue weighted by Crippen LogP contribution is -2.32. The quantitative estimate of drug-likeness (QED) is 0.601. The molecule has 3 rings (SSSR count). The van der Waals surface area contributed by atoms with Crippen LogP contribution in [0.2, 0.25) is 0 Å². The van der Waals surface area contributed by atoms with Gasteiger partial charge in [0.15, 0.2) is 12.2 Å². The number of hydrogen-bond donors (Lipinski definition) is 0. The predicted octanol–water partition coefficient (Wildman–Crippen LogP) is 4.24. The third-order valence-electron chi connectivity index (χ3n) is 4.57. The molecule has 0 fully saturated rings. The molecular weight excluding hydrogens is 328 g/mol. The van der Waals surface area contributed by atoms with Crippen LogP contribution in [0.15, 0.2) is 58.1 Å². The fraction of sp³-hybridized carbons (Fsp3) is 0.381. The maximum Gasteiger partial charge on any atom is 0.236 e. The van der Waals surface area contributed by atoms with E-state index in [4.69, 9.17) is 9.47 Å². The zero-order valence-corrected chi connectivity index (χ0v) is 15.3. The summed E-state index contributed by atoms with van der Waals surface area (Å²) in [6.07, 6.45) is 2.36. The minimum absolute atomic E-state index is 0.0330. The first-order valence-electron chi connectivity index (χ1n) is 8.74. The third kappa shape index (κ3) is 3.41. The van der Waals surface area contributed by atoms with Gasteiger partial charge in [0, 0.05) is 18.4 Å². The maximum atomic E-state index is 12.9. The van der Waals surface area contributed by atoms with Crippen molar-refractivity contribution in [2.45, 2.75) is 39.5 Å². The van der Waals surface area contributed by atoms with E-state index in [0.717, 1.165) is 5.56 Å². The number of hydrogen-bond acceptors (Lipinski definition) is 5. The van der Waals surface area contributed by atoms with Crippen LogP contribution in [0.4, 0.5) is 0 Å². The van der Waals surface area contributed by atoms with Gasteiger partial charge in [-0.1, -0.05) is 44.2 Å². The van der Waals surface area contributed by atoms with Crippen LogP contribution in [0.25, 0.3) is 0 Å². The van der Waals surface area contributed by atoms with Gasteiger partial charge in [0.1, 0.15) is 17.4 Å². The van der Waals surface area contributed by atoms with Crippen molar-refractivity contribution < 1.29 is 14.3 Å². The van der Waals surface area contributed by atoms with Crippen molar-refractivity contribution in [2.75, 3.05) is 6.61 Å². The molecule has 1 aromatic carbocycles. The number of ether oxygens (including phenoxy) is 2. The number of ketones is 1. The van der Waals surface area contributed by atoms with Crippen LogP contribution in [0.5, 0.6) is 0 Å². The largest absolute Gasteiger partial charge is 0.483 e. The highest BCUT2D eigenvalue weighted by Gasteiger charge is 2.43. The lowest BCUT2D eigenvalue weighted by Gasteiger charge is -2.37. The predicted molar refractivity (Wildman–Crippen MR) is 98.1 cm³/mol. The second kappa shape index (κ2) is 7.17. The molecule has 0 saturated carbocycles. The summed E-state index contributed by atoms with van der Waals surface area (Å²) < 4.78 is 11.1. The molecule has 0 spiro atoms. The average Bonchev–Trinajstić information content (AvgIpc) is 2.60. The van der Waals surface area contributed by atoms with E-state index in [-0.39, 0.29) is 17.1 Å². The molecule has 0 saturated heterocycles. The van der Waals surface area contributed by atoms with E-state index in [1.807, 2.05) is 51.1 Å². The van der Waals surface area contributed by atoms with E-state index in [1.165, 1.54) is 6.40 Å². The van der Waals surface area contributed by atoms with E-state index in [9.17, 15) is 10.1 Å². The Labute approximate surface area is 153 Å². The van der Waals surface area contributed by atoms with E-state index in [2.05, 4.69) is 11.1 Å². The number of carbonyl (C=O) groups is 1. The van der Waals surface area contributed by atoms with E-state index >= 15 is 0 Å². The van der Waals surface area contributed by atoms with Crippen molar-refractivity contribution in [3.63, 3.8) is 0 Å². The van der Waals surface area contributed by atoms with Gasteiger partial charge in [-0.25, -0.2) is 0 Å². The summed E-state index contributed by atoms with van der Waals surface area (Å²) >= 11 is 0. The molecule has 134 valence electrons.